The maximum Gasteiger partial charge on any atom is 0.418 e. The molecule has 7 nitrogen and oxygen atoms in total. The smallest absolute Gasteiger partial charge is 0.418 e. The number of rotatable bonds is 7. The van der Waals surface area contributed by atoms with Crippen LogP contribution in [0, 0.1) is 0 Å². The lowest BCUT2D eigenvalue weighted by atomic mass is 10.1. The van der Waals surface area contributed by atoms with E-state index in [0.29, 0.717) is 6.07 Å². The van der Waals surface area contributed by atoms with Gasteiger partial charge in [-0.3, -0.25) is 4.79 Å². The van der Waals surface area contributed by atoms with Gasteiger partial charge in [-0.2, -0.15) is 13.2 Å². The molecule has 0 saturated heterocycles. The standard InChI is InChI=1S/C18H16ClF3N2O5S/c1-2-23-30(27,28)13-5-3-4-11(8-13)17(26)29-10-16(25)24-15-7-6-12(19)9-14(15)18(20,21)22/h3-9,23H,2,10H2,1H3,(H,24,25). The van der Waals surface area contributed by atoms with Crippen molar-refractivity contribution in [3.8, 4) is 0 Å². The third-order valence-electron chi connectivity index (χ3n) is 3.61. The van der Waals surface area contributed by atoms with E-state index in [9.17, 15) is 31.2 Å². The molecular weight excluding hydrogens is 449 g/mol. The van der Waals surface area contributed by atoms with Gasteiger partial charge in [0.1, 0.15) is 0 Å². The molecule has 0 spiro atoms. The first-order chi connectivity index (χ1) is 13.9. The van der Waals surface area contributed by atoms with E-state index in [2.05, 4.69) is 4.72 Å². The summed E-state index contributed by atoms with van der Waals surface area (Å²) in [7, 11) is -3.82. The molecule has 0 aliphatic rings. The second kappa shape index (κ2) is 9.45. The minimum Gasteiger partial charge on any atom is -0.452 e. The number of benzene rings is 2. The zero-order chi connectivity index (χ0) is 22.5. The largest absolute Gasteiger partial charge is 0.452 e. The van der Waals surface area contributed by atoms with Crippen LogP contribution in [0.15, 0.2) is 47.4 Å². The summed E-state index contributed by atoms with van der Waals surface area (Å²) in [6.45, 7) is 0.837. The molecular formula is C18H16ClF3N2O5S. The molecule has 0 aliphatic carbocycles. The maximum absolute atomic E-state index is 13.1. The number of hydrogen-bond donors (Lipinski definition) is 2. The van der Waals surface area contributed by atoms with Crippen LogP contribution < -0.4 is 10.0 Å². The Morgan fingerprint density at radius 3 is 2.47 bits per heavy atom. The summed E-state index contributed by atoms with van der Waals surface area (Å²) in [6, 6.07) is 7.68. The number of amides is 1. The summed E-state index contributed by atoms with van der Waals surface area (Å²) in [4.78, 5) is 23.8. The van der Waals surface area contributed by atoms with Crippen molar-refractivity contribution in [1.82, 2.24) is 4.72 Å². The van der Waals surface area contributed by atoms with Crippen LogP contribution in [0.4, 0.5) is 18.9 Å². The Morgan fingerprint density at radius 2 is 1.83 bits per heavy atom. The van der Waals surface area contributed by atoms with Gasteiger partial charge < -0.3 is 10.1 Å². The van der Waals surface area contributed by atoms with Crippen LogP contribution in [0.2, 0.25) is 5.02 Å². The molecule has 0 unspecified atom stereocenters. The molecule has 0 fully saturated rings. The maximum atomic E-state index is 13.1. The predicted octanol–water partition coefficient (Wildman–Crippen LogP) is 3.45. The van der Waals surface area contributed by atoms with Crippen molar-refractivity contribution in [2.45, 2.75) is 18.0 Å². The molecule has 0 saturated carbocycles. The number of carbonyl (C=O) groups is 2. The van der Waals surface area contributed by atoms with Crippen LogP contribution in [0.3, 0.4) is 0 Å². The predicted molar refractivity (Wildman–Crippen MR) is 103 cm³/mol. The second-order valence-electron chi connectivity index (χ2n) is 5.84. The topological polar surface area (TPSA) is 102 Å². The molecule has 0 bridgehead atoms. The van der Waals surface area contributed by atoms with Gasteiger partial charge in [0.05, 0.1) is 21.7 Å². The minimum absolute atomic E-state index is 0.141. The molecule has 2 rings (SSSR count). The zero-order valence-corrected chi connectivity index (χ0v) is 17.0. The summed E-state index contributed by atoms with van der Waals surface area (Å²) < 4.78 is 70.2. The third kappa shape index (κ3) is 6.18. The van der Waals surface area contributed by atoms with Crippen LogP contribution in [-0.2, 0) is 25.7 Å². The Morgan fingerprint density at radius 1 is 1.13 bits per heavy atom. The monoisotopic (exact) mass is 464 g/mol. The zero-order valence-electron chi connectivity index (χ0n) is 15.4. The number of nitrogens with one attached hydrogen (secondary N) is 2. The van der Waals surface area contributed by atoms with Crippen LogP contribution in [0.1, 0.15) is 22.8 Å². The van der Waals surface area contributed by atoms with Crippen LogP contribution in [-0.4, -0.2) is 33.4 Å². The molecule has 2 aromatic carbocycles. The Labute approximate surface area is 175 Å². The van der Waals surface area contributed by atoms with E-state index in [1.165, 1.54) is 18.2 Å². The van der Waals surface area contributed by atoms with E-state index >= 15 is 0 Å². The molecule has 30 heavy (non-hydrogen) atoms. The van der Waals surface area contributed by atoms with Gasteiger partial charge in [0.2, 0.25) is 10.0 Å². The molecule has 0 aliphatic heterocycles. The van der Waals surface area contributed by atoms with Crippen LogP contribution >= 0.6 is 11.6 Å². The van der Waals surface area contributed by atoms with Crippen molar-refractivity contribution in [1.29, 1.82) is 0 Å². The third-order valence-corrected chi connectivity index (χ3v) is 5.39. The average Bonchev–Trinajstić information content (AvgIpc) is 2.67. The molecule has 0 aromatic heterocycles. The lowest BCUT2D eigenvalue weighted by molar-refractivity contribution is -0.137. The van der Waals surface area contributed by atoms with Crippen molar-refractivity contribution >= 4 is 39.2 Å². The van der Waals surface area contributed by atoms with E-state index in [-0.39, 0.29) is 22.0 Å². The summed E-state index contributed by atoms with van der Waals surface area (Å²) in [5.41, 5.74) is -1.85. The highest BCUT2D eigenvalue weighted by Crippen LogP contribution is 2.36. The van der Waals surface area contributed by atoms with Gasteiger partial charge in [0.25, 0.3) is 5.91 Å². The van der Waals surface area contributed by atoms with E-state index in [1.54, 1.807) is 6.92 Å². The van der Waals surface area contributed by atoms with Gasteiger partial charge in [-0.05, 0) is 36.4 Å². The summed E-state index contributed by atoms with van der Waals surface area (Å²) in [5, 5.41) is 1.84. The van der Waals surface area contributed by atoms with Crippen molar-refractivity contribution in [2.24, 2.45) is 0 Å². The number of sulfonamides is 1. The molecule has 2 N–H and O–H groups in total. The molecule has 0 radical (unpaired) electrons. The lowest BCUT2D eigenvalue weighted by Gasteiger charge is -2.14. The van der Waals surface area contributed by atoms with Crippen molar-refractivity contribution in [3.05, 3.63) is 58.6 Å². The van der Waals surface area contributed by atoms with Crippen LogP contribution in [0.5, 0.6) is 0 Å². The fourth-order valence-corrected chi connectivity index (χ4v) is 3.58. The Balaban J connectivity index is 2.07. The fourth-order valence-electron chi connectivity index (χ4n) is 2.32. The number of anilines is 1. The highest BCUT2D eigenvalue weighted by Gasteiger charge is 2.34. The summed E-state index contributed by atoms with van der Waals surface area (Å²) >= 11 is 5.57. The Bertz CT molecular complexity index is 1060. The van der Waals surface area contributed by atoms with Gasteiger partial charge in [-0.15, -0.1) is 0 Å². The number of hydrogen-bond acceptors (Lipinski definition) is 5. The van der Waals surface area contributed by atoms with Crippen molar-refractivity contribution in [3.63, 3.8) is 0 Å². The van der Waals surface area contributed by atoms with Crippen molar-refractivity contribution < 1.29 is 35.9 Å². The van der Waals surface area contributed by atoms with Gasteiger partial charge in [0, 0.05) is 11.6 Å². The molecule has 2 aromatic rings. The lowest BCUT2D eigenvalue weighted by Crippen LogP contribution is -2.24. The van der Waals surface area contributed by atoms with E-state index < -0.39 is 45.9 Å². The normalized spacial score (nSPS) is 11.8. The van der Waals surface area contributed by atoms with Crippen molar-refractivity contribution in [2.75, 3.05) is 18.5 Å². The molecule has 12 heteroatoms. The quantitative estimate of drug-likeness (QED) is 0.611. The average molecular weight is 465 g/mol. The fraction of sp³-hybridized carbons (Fsp3) is 0.222. The first-order valence-electron chi connectivity index (χ1n) is 8.37. The molecule has 0 atom stereocenters. The first kappa shape index (κ1) is 23.6. The van der Waals surface area contributed by atoms with E-state index in [0.717, 1.165) is 18.2 Å². The molecule has 162 valence electrons. The SMILES string of the molecule is CCNS(=O)(=O)c1cccc(C(=O)OCC(=O)Nc2ccc(Cl)cc2C(F)(F)F)c1. The van der Waals surface area contributed by atoms with Gasteiger partial charge >= 0.3 is 12.1 Å². The number of carbonyl (C=O) groups excluding carboxylic acids is 2. The number of ether oxygens (including phenoxy) is 1. The Hall–Kier alpha value is -2.63. The van der Waals surface area contributed by atoms with Gasteiger partial charge in [-0.1, -0.05) is 24.6 Å². The minimum atomic E-state index is -4.76. The van der Waals surface area contributed by atoms with Gasteiger partial charge in [0.15, 0.2) is 6.61 Å². The molecule has 1 amide bonds. The number of esters is 1. The van der Waals surface area contributed by atoms with Crippen LogP contribution in [0.25, 0.3) is 0 Å². The highest BCUT2D eigenvalue weighted by molar-refractivity contribution is 7.89. The number of alkyl halides is 3. The number of halogens is 4. The molecule has 0 heterocycles. The second-order valence-corrected chi connectivity index (χ2v) is 8.04. The van der Waals surface area contributed by atoms with E-state index in [4.69, 9.17) is 16.3 Å². The summed E-state index contributed by atoms with van der Waals surface area (Å²) in [5.74, 6) is -2.04. The van der Waals surface area contributed by atoms with E-state index in [1.807, 2.05) is 5.32 Å². The first-order valence-corrected chi connectivity index (χ1v) is 10.2. The Kier molecular flexibility index (Phi) is 7.45. The van der Waals surface area contributed by atoms with Gasteiger partial charge in [-0.25, -0.2) is 17.9 Å². The summed E-state index contributed by atoms with van der Waals surface area (Å²) in [6.07, 6.45) is -4.76. The highest BCUT2D eigenvalue weighted by atomic mass is 35.5.